The summed E-state index contributed by atoms with van der Waals surface area (Å²) in [6.07, 6.45) is 2.13. The molecular weight excluding hydrogens is 519 g/mol. The number of carbonyl (C=O) groups excluding carboxylic acids is 3. The maximum absolute atomic E-state index is 13.3. The summed E-state index contributed by atoms with van der Waals surface area (Å²) in [5, 5.41) is 12.2. The van der Waals surface area contributed by atoms with Crippen molar-refractivity contribution in [2.75, 3.05) is 39.4 Å². The Balaban J connectivity index is 1.46. The molecule has 206 valence electrons. The van der Waals surface area contributed by atoms with Crippen molar-refractivity contribution in [2.45, 2.75) is 38.1 Å². The first kappa shape index (κ1) is 28.6. The van der Waals surface area contributed by atoms with E-state index in [1.807, 2.05) is 43.3 Å². The molecular formula is C28H33N4O6P. The fourth-order valence-corrected chi connectivity index (χ4v) is 4.87. The number of aliphatic hydroxyl groups is 1. The zero-order valence-corrected chi connectivity index (χ0v) is 22.8. The van der Waals surface area contributed by atoms with Gasteiger partial charge in [0.2, 0.25) is 0 Å². The van der Waals surface area contributed by atoms with Crippen LogP contribution in [0.25, 0.3) is 11.3 Å². The summed E-state index contributed by atoms with van der Waals surface area (Å²) in [4.78, 5) is 46.3. The number of amides is 3. The standard InChI is InChI=1S/C28H33N4O6P/c1-2-3-13-38-28(36)32-11-9-31(10-12-32)27(35)25(18-39-37)30-26(34)24-16-20(22-14-21(22)17-33)15-23(29-24)19-7-5-4-6-8-19/h4-8,15-16,21-22,25,33H,2-3,9-14,17H2,1H3,(H,30,34)/t21-,22-,25+/m1/s1. The van der Waals surface area contributed by atoms with Gasteiger partial charge in [-0.2, -0.15) is 0 Å². The number of carbonyl (C=O) groups is 3. The monoisotopic (exact) mass is 552 g/mol. The molecule has 0 bridgehead atoms. The number of nitrogens with one attached hydrogen (secondary N) is 1. The average Bonchev–Trinajstić information content (AvgIpc) is 3.77. The summed E-state index contributed by atoms with van der Waals surface area (Å²) in [7, 11) is -0.522. The molecule has 3 atom stereocenters. The third-order valence-corrected chi connectivity index (χ3v) is 7.38. The Morgan fingerprint density at radius 3 is 2.51 bits per heavy atom. The zero-order chi connectivity index (χ0) is 27.8. The molecule has 10 nitrogen and oxygen atoms in total. The minimum absolute atomic E-state index is 0.0714. The fraction of sp³-hybridized carbons (Fsp3) is 0.464. The summed E-state index contributed by atoms with van der Waals surface area (Å²) in [6.45, 7) is 3.54. The molecule has 4 rings (SSSR count). The zero-order valence-electron chi connectivity index (χ0n) is 21.9. The predicted octanol–water partition coefficient (Wildman–Crippen LogP) is 3.27. The molecule has 1 saturated carbocycles. The number of unbranched alkanes of at least 4 members (excludes halogenated alkanes) is 1. The van der Waals surface area contributed by atoms with Crippen LogP contribution in [-0.2, 0) is 14.1 Å². The number of pyridine rings is 1. The van der Waals surface area contributed by atoms with Gasteiger partial charge in [-0.25, -0.2) is 0 Å². The number of benzene rings is 1. The molecule has 2 N–H and O–H groups in total. The first-order valence-electron chi connectivity index (χ1n) is 13.2. The van der Waals surface area contributed by atoms with E-state index in [1.54, 1.807) is 11.0 Å². The minimum atomic E-state index is -1.25. The molecule has 1 aliphatic heterocycles. The quantitative estimate of drug-likeness (QED) is 0.361. The van der Waals surface area contributed by atoms with Crippen LogP contribution in [0.4, 0.5) is 4.79 Å². The summed E-state index contributed by atoms with van der Waals surface area (Å²) in [5.74, 6) is -0.784. The number of piperazine rings is 1. The van der Waals surface area contributed by atoms with E-state index >= 15 is 0 Å². The van der Waals surface area contributed by atoms with Crippen LogP contribution in [0.3, 0.4) is 0 Å². The maximum atomic E-state index is 13.3. The number of nitrogens with zero attached hydrogens (tertiary/aromatic N) is 3. The number of hydrogen-bond acceptors (Lipinski definition) is 7. The van der Waals surface area contributed by atoms with E-state index in [2.05, 4.69) is 15.9 Å². The Bertz CT molecular complexity index is 1290. The van der Waals surface area contributed by atoms with Gasteiger partial charge in [0, 0.05) is 0 Å². The Hall–Kier alpha value is -3.45. The Labute approximate surface area is 228 Å². The normalized spacial score (nSPS) is 19.0. The molecule has 0 radical (unpaired) electrons. The molecule has 2 heterocycles. The molecule has 39 heavy (non-hydrogen) atoms. The van der Waals surface area contributed by atoms with Crippen LogP contribution in [0.1, 0.15) is 48.2 Å². The van der Waals surface area contributed by atoms with Crippen LogP contribution < -0.4 is 5.32 Å². The second-order valence-corrected chi connectivity index (χ2v) is 10.2. The number of hydrogen-bond donors (Lipinski definition) is 2. The van der Waals surface area contributed by atoms with E-state index in [0.29, 0.717) is 25.4 Å². The second kappa shape index (κ2) is 13.6. The van der Waals surface area contributed by atoms with Crippen LogP contribution in [0.5, 0.6) is 0 Å². The number of aliphatic hydroxyl groups excluding tert-OH is 1. The van der Waals surface area contributed by atoms with Gasteiger partial charge in [-0.05, 0) is 0 Å². The SMILES string of the molecule is CCCCOC(=O)N1CCN(C(=O)[C@H](C#P=O)NC(=O)c2cc([C@H]3C[C@@H]3CO)cc(-c3ccccc3)n2)CC1. The second-order valence-electron chi connectivity index (χ2n) is 9.73. The third kappa shape index (κ3) is 7.35. The van der Waals surface area contributed by atoms with Gasteiger partial charge in [0.25, 0.3) is 0 Å². The van der Waals surface area contributed by atoms with Crippen LogP contribution >= 0.6 is 7.92 Å². The molecule has 0 spiro atoms. The Morgan fingerprint density at radius 2 is 1.87 bits per heavy atom. The molecule has 1 aliphatic carbocycles. The van der Waals surface area contributed by atoms with Gasteiger partial charge in [0.1, 0.15) is 0 Å². The van der Waals surface area contributed by atoms with E-state index in [1.165, 1.54) is 4.90 Å². The summed E-state index contributed by atoms with van der Waals surface area (Å²) >= 11 is 0. The Morgan fingerprint density at radius 1 is 1.15 bits per heavy atom. The van der Waals surface area contributed by atoms with Gasteiger partial charge in [-0.15, -0.1) is 0 Å². The predicted molar refractivity (Wildman–Crippen MR) is 145 cm³/mol. The van der Waals surface area contributed by atoms with E-state index < -0.39 is 31.9 Å². The molecule has 1 saturated heterocycles. The molecule has 1 aromatic carbocycles. The van der Waals surface area contributed by atoms with Crippen molar-refractivity contribution in [1.82, 2.24) is 20.1 Å². The van der Waals surface area contributed by atoms with E-state index in [9.17, 15) is 24.1 Å². The van der Waals surface area contributed by atoms with Gasteiger partial charge >= 0.3 is 222 Å². The topological polar surface area (TPSA) is 129 Å². The molecule has 3 amide bonds. The van der Waals surface area contributed by atoms with Gasteiger partial charge in [0.05, 0.1) is 0 Å². The van der Waals surface area contributed by atoms with Gasteiger partial charge in [-0.1, -0.05) is 6.92 Å². The summed E-state index contributed by atoms with van der Waals surface area (Å²) in [5.41, 5.74) is 4.96. The fourth-order valence-electron chi connectivity index (χ4n) is 4.59. The van der Waals surface area contributed by atoms with Crippen LogP contribution in [0.15, 0.2) is 42.5 Å². The summed E-state index contributed by atoms with van der Waals surface area (Å²) in [6, 6.07) is 11.8. The van der Waals surface area contributed by atoms with Crippen molar-refractivity contribution in [3.05, 3.63) is 53.7 Å². The van der Waals surface area contributed by atoms with Crippen LogP contribution in [-0.4, -0.2) is 83.2 Å². The summed E-state index contributed by atoms with van der Waals surface area (Å²) < 4.78 is 16.6. The number of rotatable bonds is 9. The molecule has 1 aromatic heterocycles. The molecule has 11 heteroatoms. The first-order valence-corrected chi connectivity index (χ1v) is 14.0. The van der Waals surface area contributed by atoms with Crippen molar-refractivity contribution in [3.8, 4) is 16.9 Å². The number of aromatic nitrogens is 1. The van der Waals surface area contributed by atoms with Crippen molar-refractivity contribution >= 4 is 25.8 Å². The molecule has 2 aromatic rings. The van der Waals surface area contributed by atoms with Gasteiger partial charge < -0.3 is 0 Å². The molecule has 2 aliphatic rings. The van der Waals surface area contributed by atoms with Crippen molar-refractivity contribution in [3.63, 3.8) is 0 Å². The van der Waals surface area contributed by atoms with E-state index in [-0.39, 0.29) is 37.2 Å². The van der Waals surface area contributed by atoms with Crippen molar-refractivity contribution < 1.29 is 28.8 Å². The van der Waals surface area contributed by atoms with Crippen molar-refractivity contribution in [2.24, 2.45) is 5.92 Å². The van der Waals surface area contributed by atoms with E-state index in [4.69, 9.17) is 4.74 Å². The third-order valence-electron chi connectivity index (χ3n) is 7.01. The van der Waals surface area contributed by atoms with Gasteiger partial charge in [0.15, 0.2) is 0 Å². The molecule has 0 unspecified atom stereocenters. The van der Waals surface area contributed by atoms with Crippen LogP contribution in [0.2, 0.25) is 0 Å². The van der Waals surface area contributed by atoms with Crippen LogP contribution in [0, 0.1) is 11.5 Å². The average molecular weight is 553 g/mol. The Kier molecular flexibility index (Phi) is 9.93. The first-order chi connectivity index (χ1) is 18.9. The molecule has 2 fully saturated rings. The van der Waals surface area contributed by atoms with Crippen molar-refractivity contribution in [1.29, 1.82) is 0 Å². The number of ether oxygens (including phenoxy) is 1. The van der Waals surface area contributed by atoms with Gasteiger partial charge in [-0.3, -0.25) is 0 Å². The van der Waals surface area contributed by atoms with E-state index in [0.717, 1.165) is 30.4 Å².